The Balaban J connectivity index is 1.83. The van der Waals surface area contributed by atoms with Crippen LogP contribution in [0.5, 0.6) is 17.2 Å². The Bertz CT molecular complexity index is 1600. The van der Waals surface area contributed by atoms with Crippen molar-refractivity contribution < 1.29 is 31.6 Å². The van der Waals surface area contributed by atoms with Crippen LogP contribution < -0.4 is 25.0 Å². The van der Waals surface area contributed by atoms with E-state index in [1.807, 2.05) is 18.4 Å². The van der Waals surface area contributed by atoms with Gasteiger partial charge in [0.2, 0.25) is 5.75 Å². The number of methoxy groups -OCH3 is 3. The third kappa shape index (κ3) is 5.96. The second-order valence-corrected chi connectivity index (χ2v) is 11.7. The highest BCUT2D eigenvalue weighted by atomic mass is 32.2. The molecule has 40 heavy (non-hydrogen) atoms. The predicted molar refractivity (Wildman–Crippen MR) is 154 cm³/mol. The highest BCUT2D eigenvalue weighted by molar-refractivity contribution is 7.98. The van der Waals surface area contributed by atoms with Crippen LogP contribution in [0.4, 0.5) is 0 Å². The molecule has 1 aliphatic rings. The molecule has 0 aromatic heterocycles. The van der Waals surface area contributed by atoms with E-state index in [2.05, 4.69) is 9.50 Å². The summed E-state index contributed by atoms with van der Waals surface area (Å²) in [5.74, 6) is 0.715. The van der Waals surface area contributed by atoms with Gasteiger partial charge in [0.15, 0.2) is 16.9 Å². The molecule has 9 nitrogen and oxygen atoms in total. The second-order valence-electron chi connectivity index (χ2n) is 9.08. The number of ether oxygens (including phenoxy) is 3. The first kappa shape index (κ1) is 29.4. The smallest absolute Gasteiger partial charge is 0.271 e. The number of thioether (sulfide) groups is 1. The maximum absolute atomic E-state index is 13.5. The summed E-state index contributed by atoms with van der Waals surface area (Å²) in [6, 6.07) is 12.9. The van der Waals surface area contributed by atoms with E-state index >= 15 is 0 Å². The molecule has 0 saturated heterocycles. The van der Waals surface area contributed by atoms with Crippen LogP contribution in [0.3, 0.4) is 0 Å². The highest BCUT2D eigenvalue weighted by Gasteiger charge is 2.29. The molecule has 3 aromatic carbocycles. The van der Waals surface area contributed by atoms with Gasteiger partial charge in [0.25, 0.3) is 16.0 Å². The number of rotatable bonds is 9. The van der Waals surface area contributed by atoms with Gasteiger partial charge < -0.3 is 19.5 Å². The lowest BCUT2D eigenvalue weighted by molar-refractivity contribution is 0.0934. The summed E-state index contributed by atoms with van der Waals surface area (Å²) in [4.78, 5) is 27.2. The molecule has 1 atom stereocenters. The zero-order valence-electron chi connectivity index (χ0n) is 22.9. The predicted octanol–water partition coefficient (Wildman–Crippen LogP) is 4.36. The lowest BCUT2D eigenvalue weighted by Gasteiger charge is -2.19. The molecule has 0 heterocycles. The highest BCUT2D eigenvalue weighted by Crippen LogP contribution is 2.49. The Morgan fingerprint density at radius 3 is 2.38 bits per heavy atom. The van der Waals surface area contributed by atoms with Gasteiger partial charge in [-0.3, -0.25) is 13.8 Å². The van der Waals surface area contributed by atoms with Crippen LogP contribution in [-0.2, 0) is 26.5 Å². The Kier molecular flexibility index (Phi) is 9.07. The van der Waals surface area contributed by atoms with Crippen LogP contribution in [0, 0.1) is 0 Å². The maximum Gasteiger partial charge on any atom is 0.271 e. The molecule has 0 radical (unpaired) electrons. The monoisotopic (exact) mass is 585 g/mol. The topological polar surface area (TPSA) is 117 Å². The quantitative estimate of drug-likeness (QED) is 0.289. The van der Waals surface area contributed by atoms with Crippen molar-refractivity contribution in [3.8, 4) is 28.4 Å². The Hall–Kier alpha value is -3.54. The number of hydrogen-bond donors (Lipinski definition) is 1. The third-order valence-electron chi connectivity index (χ3n) is 6.84. The summed E-state index contributed by atoms with van der Waals surface area (Å²) >= 11 is 1.35. The minimum absolute atomic E-state index is 0.157. The molecule has 1 amide bonds. The first-order valence-corrected chi connectivity index (χ1v) is 15.2. The summed E-state index contributed by atoms with van der Waals surface area (Å²) in [5, 5.41) is 3.07. The largest absolute Gasteiger partial charge is 0.493 e. The van der Waals surface area contributed by atoms with Gasteiger partial charge in [0, 0.05) is 11.1 Å². The minimum atomic E-state index is -3.76. The normalized spacial score (nSPS) is 14.4. The fourth-order valence-electron chi connectivity index (χ4n) is 4.94. The van der Waals surface area contributed by atoms with Gasteiger partial charge in [-0.2, -0.15) is 8.42 Å². The number of carbonyl (C=O) groups excluding carboxylic acids is 1. The molecule has 0 spiro atoms. The summed E-state index contributed by atoms with van der Waals surface area (Å²) < 4.78 is 45.4. The first-order valence-electron chi connectivity index (χ1n) is 12.4. The van der Waals surface area contributed by atoms with Gasteiger partial charge in [-0.1, -0.05) is 18.2 Å². The van der Waals surface area contributed by atoms with Crippen molar-refractivity contribution >= 4 is 27.8 Å². The minimum Gasteiger partial charge on any atom is -0.493 e. The van der Waals surface area contributed by atoms with Crippen LogP contribution >= 0.6 is 11.8 Å². The summed E-state index contributed by atoms with van der Waals surface area (Å²) in [6.45, 7) is 0. The Morgan fingerprint density at radius 1 is 0.975 bits per heavy atom. The molecule has 0 saturated carbocycles. The van der Waals surface area contributed by atoms with Crippen molar-refractivity contribution in [1.29, 1.82) is 0 Å². The SMILES string of the molecule is COc1cc2c(c(OC)c1OC)CC[C@H](NC(=O)c1cccc(CS(=O)(=O)OC)c1)c1cc(=O)c(SC)ccc1-2. The molecule has 0 fully saturated rings. The zero-order valence-corrected chi connectivity index (χ0v) is 24.5. The van der Waals surface area contributed by atoms with Gasteiger partial charge in [-0.05, 0) is 71.7 Å². The van der Waals surface area contributed by atoms with Crippen molar-refractivity contribution in [2.75, 3.05) is 34.7 Å². The van der Waals surface area contributed by atoms with Crippen molar-refractivity contribution in [3.05, 3.63) is 81.0 Å². The molecular formula is C29H31NO8S2. The summed E-state index contributed by atoms with van der Waals surface area (Å²) in [5.41, 5.74) is 3.66. The molecule has 212 valence electrons. The second kappa shape index (κ2) is 12.3. The van der Waals surface area contributed by atoms with Crippen LogP contribution in [-0.4, -0.2) is 49.0 Å². The van der Waals surface area contributed by atoms with E-state index in [0.717, 1.165) is 23.8 Å². The van der Waals surface area contributed by atoms with Gasteiger partial charge >= 0.3 is 0 Å². The van der Waals surface area contributed by atoms with E-state index in [9.17, 15) is 18.0 Å². The van der Waals surface area contributed by atoms with Crippen molar-refractivity contribution in [1.82, 2.24) is 5.32 Å². The van der Waals surface area contributed by atoms with Gasteiger partial charge in [-0.25, -0.2) is 0 Å². The molecule has 11 heteroatoms. The van der Waals surface area contributed by atoms with Crippen LogP contribution in [0.1, 0.15) is 39.5 Å². The molecule has 0 bridgehead atoms. The lowest BCUT2D eigenvalue weighted by atomic mass is 9.96. The van der Waals surface area contributed by atoms with Gasteiger partial charge in [-0.15, -0.1) is 11.8 Å². The number of benzene rings is 2. The van der Waals surface area contributed by atoms with Crippen LogP contribution in [0.25, 0.3) is 11.1 Å². The molecule has 1 N–H and O–H groups in total. The maximum atomic E-state index is 13.5. The van der Waals surface area contributed by atoms with Gasteiger partial charge in [0.1, 0.15) is 5.75 Å². The number of carbonyl (C=O) groups is 1. The fourth-order valence-corrected chi connectivity index (χ4v) is 6.11. The molecule has 4 rings (SSSR count). The van der Waals surface area contributed by atoms with E-state index in [0.29, 0.717) is 51.7 Å². The van der Waals surface area contributed by atoms with Gasteiger partial charge in [0.05, 0.1) is 39.4 Å². The van der Waals surface area contributed by atoms with E-state index in [1.54, 1.807) is 51.7 Å². The van der Waals surface area contributed by atoms with E-state index in [1.165, 1.54) is 17.8 Å². The fraction of sp³-hybridized carbons (Fsp3) is 0.310. The van der Waals surface area contributed by atoms with Crippen molar-refractivity contribution in [2.24, 2.45) is 0 Å². The Labute approximate surface area is 237 Å². The first-order chi connectivity index (χ1) is 19.2. The molecular weight excluding hydrogens is 554 g/mol. The van der Waals surface area contributed by atoms with E-state index in [-0.39, 0.29) is 11.2 Å². The average Bonchev–Trinajstić information content (AvgIpc) is 3.20. The Morgan fingerprint density at radius 2 is 1.73 bits per heavy atom. The molecule has 0 unspecified atom stereocenters. The zero-order chi connectivity index (χ0) is 29.0. The molecule has 3 aromatic rings. The standard InChI is InChI=1S/C29H31NO8S2/c1-35-25-15-21-19-10-12-26(39-5)24(31)14-22(19)23(11-9-20(21)27(36-2)28(25)37-3)30-29(32)18-8-6-7-17(13-18)16-40(33,34)38-4/h6-8,10,12-15,23H,9,11,16H2,1-5H3,(H,30,32)/t23-/m0/s1. The summed E-state index contributed by atoms with van der Waals surface area (Å²) in [6.07, 6.45) is 2.81. The summed E-state index contributed by atoms with van der Waals surface area (Å²) in [7, 11) is 1.99. The molecule has 0 aliphatic heterocycles. The van der Waals surface area contributed by atoms with Crippen molar-refractivity contribution in [2.45, 2.75) is 29.5 Å². The third-order valence-corrected chi connectivity index (χ3v) is 8.81. The van der Waals surface area contributed by atoms with Crippen molar-refractivity contribution in [3.63, 3.8) is 0 Å². The lowest BCUT2D eigenvalue weighted by Crippen LogP contribution is -2.29. The van der Waals surface area contributed by atoms with E-state index in [4.69, 9.17) is 14.2 Å². The number of fused-ring (bicyclic) bond motifs is 3. The molecule has 1 aliphatic carbocycles. The average molecular weight is 586 g/mol. The van der Waals surface area contributed by atoms with E-state index < -0.39 is 22.1 Å². The number of nitrogens with one attached hydrogen (secondary N) is 1. The number of hydrogen-bond acceptors (Lipinski definition) is 9. The van der Waals surface area contributed by atoms with Crippen LogP contribution in [0.15, 0.2) is 58.2 Å². The number of amides is 1. The van der Waals surface area contributed by atoms with Crippen LogP contribution in [0.2, 0.25) is 0 Å².